The fraction of sp³-hybridized carbons (Fsp3) is 0.875. The summed E-state index contributed by atoms with van der Waals surface area (Å²) in [5.41, 5.74) is 0.0990. The lowest BCUT2D eigenvalue weighted by atomic mass is 9.84. The number of aliphatic carboxylic acids is 1. The molecule has 3 N–H and O–H groups in total. The minimum atomic E-state index is -0.925. The first-order valence-electron chi connectivity index (χ1n) is 7.98. The van der Waals surface area contributed by atoms with Crippen LogP contribution in [0, 0.1) is 16.7 Å². The number of carbonyl (C=O) groups excluding carboxylic acids is 1. The Bertz CT molecular complexity index is 411. The van der Waals surface area contributed by atoms with Crippen LogP contribution in [0.4, 0.5) is 4.79 Å². The lowest BCUT2D eigenvalue weighted by Gasteiger charge is -2.28. The predicted octanol–water partition coefficient (Wildman–Crippen LogP) is 2.75. The first-order chi connectivity index (χ1) is 9.68. The lowest BCUT2D eigenvalue weighted by molar-refractivity contribution is -0.141. The van der Waals surface area contributed by atoms with Gasteiger partial charge in [0.15, 0.2) is 0 Å². The molecular weight excluding hydrogens is 268 g/mol. The van der Waals surface area contributed by atoms with Crippen molar-refractivity contribution >= 4 is 12.0 Å². The molecule has 0 aromatic rings. The van der Waals surface area contributed by atoms with E-state index in [0.29, 0.717) is 0 Å². The van der Waals surface area contributed by atoms with Crippen LogP contribution in [0.2, 0.25) is 0 Å². The fourth-order valence-corrected chi connectivity index (χ4v) is 3.72. The number of carboxylic acids is 1. The van der Waals surface area contributed by atoms with Crippen molar-refractivity contribution in [2.75, 3.05) is 0 Å². The van der Waals surface area contributed by atoms with Gasteiger partial charge in [-0.2, -0.15) is 0 Å². The molecule has 0 aliphatic heterocycles. The van der Waals surface area contributed by atoms with Crippen molar-refractivity contribution < 1.29 is 14.7 Å². The number of amides is 2. The molecular formula is C16H28N2O3. The summed E-state index contributed by atoms with van der Waals surface area (Å²) in [5.74, 6) is -0.867. The molecule has 2 rings (SSSR count). The van der Waals surface area contributed by atoms with Gasteiger partial charge in [0.25, 0.3) is 0 Å². The molecule has 0 heterocycles. The standard InChI is InChI=1S/C16H28N2O3/c1-15(2)13(16(15,3)4)18-14(21)17-11(12(19)20)10-8-6-5-7-9-10/h10-11,13H,5-9H2,1-4H3,(H,19,20)(H2,17,18,21). The van der Waals surface area contributed by atoms with Gasteiger partial charge in [-0.15, -0.1) is 0 Å². The summed E-state index contributed by atoms with van der Waals surface area (Å²) in [6.07, 6.45) is 5.05. The van der Waals surface area contributed by atoms with Crippen molar-refractivity contribution in [3.63, 3.8) is 0 Å². The van der Waals surface area contributed by atoms with Crippen molar-refractivity contribution in [1.82, 2.24) is 10.6 Å². The zero-order chi connectivity index (χ0) is 15.8. The van der Waals surface area contributed by atoms with E-state index in [1.54, 1.807) is 0 Å². The molecule has 2 amide bonds. The zero-order valence-corrected chi connectivity index (χ0v) is 13.5. The summed E-state index contributed by atoms with van der Waals surface area (Å²) in [6, 6.07) is -1.03. The van der Waals surface area contributed by atoms with Crippen molar-refractivity contribution in [3.8, 4) is 0 Å². The molecule has 5 nitrogen and oxygen atoms in total. The Morgan fingerprint density at radius 3 is 2.00 bits per heavy atom. The van der Waals surface area contributed by atoms with Gasteiger partial charge in [0.1, 0.15) is 6.04 Å². The van der Waals surface area contributed by atoms with E-state index in [1.807, 2.05) is 0 Å². The molecule has 21 heavy (non-hydrogen) atoms. The van der Waals surface area contributed by atoms with Crippen molar-refractivity contribution in [1.29, 1.82) is 0 Å². The van der Waals surface area contributed by atoms with Crippen LogP contribution >= 0.6 is 0 Å². The first kappa shape index (κ1) is 16.1. The van der Waals surface area contributed by atoms with Crippen LogP contribution in [0.1, 0.15) is 59.8 Å². The van der Waals surface area contributed by atoms with Crippen molar-refractivity contribution in [2.24, 2.45) is 16.7 Å². The number of nitrogens with one attached hydrogen (secondary N) is 2. The van der Waals surface area contributed by atoms with Gasteiger partial charge in [-0.25, -0.2) is 9.59 Å². The smallest absolute Gasteiger partial charge is 0.326 e. The molecule has 2 fully saturated rings. The van der Waals surface area contributed by atoms with Gasteiger partial charge >= 0.3 is 12.0 Å². The molecule has 0 spiro atoms. The van der Waals surface area contributed by atoms with Gasteiger partial charge in [-0.3, -0.25) is 0 Å². The predicted molar refractivity (Wildman–Crippen MR) is 81.0 cm³/mol. The Morgan fingerprint density at radius 1 is 1.05 bits per heavy atom. The molecule has 0 bridgehead atoms. The first-order valence-corrected chi connectivity index (χ1v) is 7.98. The van der Waals surface area contributed by atoms with Gasteiger partial charge in [-0.1, -0.05) is 47.0 Å². The van der Waals surface area contributed by atoms with E-state index in [2.05, 4.69) is 38.3 Å². The molecule has 0 aromatic carbocycles. The quantitative estimate of drug-likeness (QED) is 0.746. The highest BCUT2D eigenvalue weighted by Gasteiger charge is 2.65. The number of carbonyl (C=O) groups is 2. The van der Waals surface area contributed by atoms with E-state index < -0.39 is 12.0 Å². The van der Waals surface area contributed by atoms with E-state index in [4.69, 9.17) is 0 Å². The second kappa shape index (κ2) is 5.50. The summed E-state index contributed by atoms with van der Waals surface area (Å²) in [6.45, 7) is 8.48. The Hall–Kier alpha value is -1.26. The zero-order valence-electron chi connectivity index (χ0n) is 13.5. The fourth-order valence-electron chi connectivity index (χ4n) is 3.72. The van der Waals surface area contributed by atoms with Crippen LogP contribution in [0.3, 0.4) is 0 Å². The minimum absolute atomic E-state index is 0.0495. The van der Waals surface area contributed by atoms with Gasteiger partial charge < -0.3 is 15.7 Å². The maximum Gasteiger partial charge on any atom is 0.326 e. The largest absolute Gasteiger partial charge is 0.480 e. The second-order valence-corrected chi connectivity index (χ2v) is 7.71. The number of carboxylic acid groups (broad SMARTS) is 1. The molecule has 2 aliphatic rings. The van der Waals surface area contributed by atoms with Crippen LogP contribution in [0.25, 0.3) is 0 Å². The second-order valence-electron chi connectivity index (χ2n) is 7.71. The molecule has 2 aliphatic carbocycles. The maximum absolute atomic E-state index is 12.1. The van der Waals surface area contributed by atoms with E-state index in [1.165, 1.54) is 6.42 Å². The molecule has 0 saturated heterocycles. The Morgan fingerprint density at radius 2 is 1.57 bits per heavy atom. The van der Waals surface area contributed by atoms with Gasteiger partial charge in [0.05, 0.1) is 0 Å². The highest BCUT2D eigenvalue weighted by molar-refractivity contribution is 5.83. The number of rotatable bonds is 4. The molecule has 2 saturated carbocycles. The SMILES string of the molecule is CC1(C)C(NC(=O)NC(C(=O)O)C2CCCCC2)C1(C)C. The molecule has 0 aromatic heterocycles. The molecule has 5 heteroatoms. The highest BCUT2D eigenvalue weighted by Crippen LogP contribution is 2.62. The van der Waals surface area contributed by atoms with Crippen LogP contribution in [0.5, 0.6) is 0 Å². The molecule has 0 radical (unpaired) electrons. The molecule has 120 valence electrons. The minimum Gasteiger partial charge on any atom is -0.480 e. The summed E-state index contributed by atoms with van der Waals surface area (Å²) in [4.78, 5) is 23.6. The van der Waals surface area contributed by atoms with Crippen molar-refractivity contribution in [3.05, 3.63) is 0 Å². The van der Waals surface area contributed by atoms with Gasteiger partial charge in [0, 0.05) is 6.04 Å². The van der Waals surface area contributed by atoms with Crippen LogP contribution < -0.4 is 10.6 Å². The summed E-state index contributed by atoms with van der Waals surface area (Å²) in [7, 11) is 0. The Balaban J connectivity index is 1.92. The van der Waals surface area contributed by atoms with Crippen LogP contribution in [-0.2, 0) is 4.79 Å². The summed E-state index contributed by atoms with van der Waals surface area (Å²) in [5, 5.41) is 15.0. The van der Waals surface area contributed by atoms with Gasteiger partial charge in [-0.05, 0) is 29.6 Å². The van der Waals surface area contributed by atoms with Crippen LogP contribution in [0.15, 0.2) is 0 Å². The topological polar surface area (TPSA) is 78.4 Å². The average molecular weight is 296 g/mol. The molecule has 1 atom stereocenters. The number of hydrogen-bond donors (Lipinski definition) is 3. The van der Waals surface area contributed by atoms with E-state index in [-0.39, 0.29) is 28.8 Å². The normalized spacial score (nSPS) is 25.9. The van der Waals surface area contributed by atoms with Gasteiger partial charge in [0.2, 0.25) is 0 Å². The summed E-state index contributed by atoms with van der Waals surface area (Å²) < 4.78 is 0. The number of hydrogen-bond acceptors (Lipinski definition) is 2. The third-order valence-corrected chi connectivity index (χ3v) is 5.97. The summed E-state index contributed by atoms with van der Waals surface area (Å²) >= 11 is 0. The lowest BCUT2D eigenvalue weighted by Crippen LogP contribution is -2.51. The monoisotopic (exact) mass is 296 g/mol. The van der Waals surface area contributed by atoms with E-state index >= 15 is 0 Å². The van der Waals surface area contributed by atoms with Crippen molar-refractivity contribution in [2.45, 2.75) is 71.9 Å². The highest BCUT2D eigenvalue weighted by atomic mass is 16.4. The third-order valence-electron chi connectivity index (χ3n) is 5.97. The van der Waals surface area contributed by atoms with Crippen LogP contribution in [-0.4, -0.2) is 29.2 Å². The molecule has 1 unspecified atom stereocenters. The average Bonchev–Trinajstić information content (AvgIpc) is 2.79. The Kier molecular flexibility index (Phi) is 4.22. The van der Waals surface area contributed by atoms with E-state index in [0.717, 1.165) is 25.7 Å². The number of urea groups is 1. The third kappa shape index (κ3) is 3.01. The maximum atomic E-state index is 12.1. The van der Waals surface area contributed by atoms with E-state index in [9.17, 15) is 14.7 Å². The Labute approximate surface area is 126 Å².